The van der Waals surface area contributed by atoms with Gasteiger partial charge in [-0.15, -0.1) is 0 Å². The van der Waals surface area contributed by atoms with Gasteiger partial charge in [-0.05, 0) is 63.0 Å². The van der Waals surface area contributed by atoms with Crippen molar-refractivity contribution in [3.8, 4) is 0 Å². The van der Waals surface area contributed by atoms with E-state index in [1.54, 1.807) is 5.57 Å². The summed E-state index contributed by atoms with van der Waals surface area (Å²) in [6.45, 7) is 2.87. The van der Waals surface area contributed by atoms with Crippen LogP contribution >= 0.6 is 0 Å². The van der Waals surface area contributed by atoms with Crippen LogP contribution in [0.15, 0.2) is 48.1 Å². The van der Waals surface area contributed by atoms with E-state index in [-0.39, 0.29) is 12.0 Å². The van der Waals surface area contributed by atoms with Gasteiger partial charge in [-0.3, -0.25) is 0 Å². The third-order valence-electron chi connectivity index (χ3n) is 6.48. The normalized spacial score (nSPS) is 27.9. The zero-order valence-electron chi connectivity index (χ0n) is 17.3. The summed E-state index contributed by atoms with van der Waals surface area (Å²) in [6, 6.07) is 8.29. The van der Waals surface area contributed by atoms with E-state index >= 15 is 0 Å². The molecule has 3 rings (SSSR count). The Morgan fingerprint density at radius 2 is 2.04 bits per heavy atom. The van der Waals surface area contributed by atoms with E-state index in [2.05, 4.69) is 37.3 Å². The van der Waals surface area contributed by atoms with Gasteiger partial charge in [0.25, 0.3) is 0 Å². The largest absolute Gasteiger partial charge is 0.392 e. The number of benzene rings is 1. The summed E-state index contributed by atoms with van der Waals surface area (Å²) in [5.74, 6) is 1.19. The Hall–Kier alpha value is -1.42. The van der Waals surface area contributed by atoms with Crippen molar-refractivity contribution in [1.82, 2.24) is 0 Å². The van der Waals surface area contributed by atoms with E-state index in [1.807, 2.05) is 12.1 Å². The standard InChI is InChI=1S/C25H37NO2/c1-18-7-6-9-19(13-18)15-22(27)10-11-23-24-16-20(8-4-2-3-5-12-26)14-21(24)17-25(23)28/h6-7,9-11,13-14,21-25,27-28H,2-5,8,12,15-17,26H2,1H3/t21-,22-,23+,24-,25+/m0/s1. The van der Waals surface area contributed by atoms with E-state index in [1.165, 1.54) is 31.2 Å². The van der Waals surface area contributed by atoms with Gasteiger partial charge >= 0.3 is 0 Å². The van der Waals surface area contributed by atoms with Crippen LogP contribution in [0.5, 0.6) is 0 Å². The maximum atomic E-state index is 10.5. The predicted molar refractivity (Wildman–Crippen MR) is 116 cm³/mol. The molecule has 0 amide bonds. The van der Waals surface area contributed by atoms with Crippen molar-refractivity contribution in [2.24, 2.45) is 23.5 Å². The molecule has 4 N–H and O–H groups in total. The second kappa shape index (κ2) is 10.4. The average Bonchev–Trinajstić information content (AvgIpc) is 3.16. The van der Waals surface area contributed by atoms with Gasteiger partial charge in [-0.1, -0.05) is 66.5 Å². The summed E-state index contributed by atoms with van der Waals surface area (Å²) in [4.78, 5) is 0. The molecule has 0 radical (unpaired) electrons. The van der Waals surface area contributed by atoms with Gasteiger partial charge in [-0.25, -0.2) is 0 Å². The maximum Gasteiger partial charge on any atom is 0.0761 e. The Balaban J connectivity index is 1.49. The van der Waals surface area contributed by atoms with Crippen LogP contribution in [0.4, 0.5) is 0 Å². The summed E-state index contributed by atoms with van der Waals surface area (Å²) in [5.41, 5.74) is 9.51. The minimum atomic E-state index is -0.496. The molecule has 1 fully saturated rings. The fraction of sp³-hybridized carbons (Fsp3) is 0.600. The molecule has 3 nitrogen and oxygen atoms in total. The van der Waals surface area contributed by atoms with E-state index in [0.717, 1.165) is 31.4 Å². The molecule has 2 aliphatic rings. The van der Waals surface area contributed by atoms with Gasteiger partial charge < -0.3 is 15.9 Å². The fourth-order valence-corrected chi connectivity index (χ4v) is 5.05. The summed E-state index contributed by atoms with van der Waals surface area (Å²) in [7, 11) is 0. The number of hydrogen-bond donors (Lipinski definition) is 3. The Morgan fingerprint density at radius 3 is 2.82 bits per heavy atom. The quantitative estimate of drug-likeness (QED) is 0.417. The van der Waals surface area contributed by atoms with Crippen molar-refractivity contribution in [1.29, 1.82) is 0 Å². The molecule has 0 aliphatic heterocycles. The van der Waals surface area contributed by atoms with Crippen LogP contribution in [-0.4, -0.2) is 29.0 Å². The smallest absolute Gasteiger partial charge is 0.0761 e. The van der Waals surface area contributed by atoms with E-state index in [0.29, 0.717) is 18.3 Å². The van der Waals surface area contributed by atoms with Crippen molar-refractivity contribution in [2.75, 3.05) is 6.54 Å². The first-order valence-electron chi connectivity index (χ1n) is 11.1. The number of nitrogens with two attached hydrogens (primary N) is 1. The second-order valence-corrected chi connectivity index (χ2v) is 8.84. The monoisotopic (exact) mass is 383 g/mol. The lowest BCUT2D eigenvalue weighted by Gasteiger charge is -2.19. The van der Waals surface area contributed by atoms with E-state index in [9.17, 15) is 10.2 Å². The first-order chi connectivity index (χ1) is 13.6. The molecule has 0 bridgehead atoms. The van der Waals surface area contributed by atoms with Crippen molar-refractivity contribution in [3.05, 3.63) is 59.2 Å². The molecule has 0 spiro atoms. The third kappa shape index (κ3) is 5.79. The minimum Gasteiger partial charge on any atom is -0.392 e. The van der Waals surface area contributed by atoms with Gasteiger partial charge in [0.05, 0.1) is 12.2 Å². The highest BCUT2D eigenvalue weighted by Crippen LogP contribution is 2.48. The Labute approximate surface area is 170 Å². The van der Waals surface area contributed by atoms with E-state index < -0.39 is 6.10 Å². The second-order valence-electron chi connectivity index (χ2n) is 8.84. The number of rotatable bonds is 10. The van der Waals surface area contributed by atoms with Crippen LogP contribution in [-0.2, 0) is 6.42 Å². The Kier molecular flexibility index (Phi) is 7.90. The molecule has 0 saturated heterocycles. The SMILES string of the molecule is Cc1cccc(C[C@@H](O)C=C[C@@H]2[C@H]3CC(CCCCCCN)=C[C@H]3C[C@H]2O)c1. The summed E-state index contributed by atoms with van der Waals surface area (Å²) in [5, 5.41) is 20.9. The molecule has 1 aromatic carbocycles. The molecule has 1 saturated carbocycles. The first kappa shape index (κ1) is 21.3. The fourth-order valence-electron chi connectivity index (χ4n) is 5.05. The van der Waals surface area contributed by atoms with Crippen molar-refractivity contribution in [3.63, 3.8) is 0 Å². The molecule has 28 heavy (non-hydrogen) atoms. The Morgan fingerprint density at radius 1 is 1.21 bits per heavy atom. The van der Waals surface area contributed by atoms with Crippen LogP contribution in [0.25, 0.3) is 0 Å². The molecule has 1 aromatic rings. The highest BCUT2D eigenvalue weighted by molar-refractivity contribution is 5.24. The zero-order chi connectivity index (χ0) is 19.9. The highest BCUT2D eigenvalue weighted by Gasteiger charge is 2.43. The number of unbranched alkanes of at least 4 members (excludes halogenated alkanes) is 3. The zero-order valence-corrected chi connectivity index (χ0v) is 17.3. The molecule has 5 atom stereocenters. The number of fused-ring (bicyclic) bond motifs is 1. The number of aliphatic hydroxyl groups is 2. The predicted octanol–water partition coefficient (Wildman–Crippen LogP) is 4.31. The third-order valence-corrected chi connectivity index (χ3v) is 6.48. The first-order valence-corrected chi connectivity index (χ1v) is 11.1. The van der Waals surface area contributed by atoms with Gasteiger partial charge in [0, 0.05) is 12.3 Å². The molecule has 0 heterocycles. The lowest BCUT2D eigenvalue weighted by molar-refractivity contribution is 0.140. The summed E-state index contributed by atoms with van der Waals surface area (Å²) in [6.07, 6.45) is 14.3. The van der Waals surface area contributed by atoms with Crippen LogP contribution in [0.1, 0.15) is 56.1 Å². The molecule has 0 aromatic heterocycles. The van der Waals surface area contributed by atoms with Crippen molar-refractivity contribution >= 4 is 0 Å². The van der Waals surface area contributed by atoms with Crippen LogP contribution in [0.3, 0.4) is 0 Å². The topological polar surface area (TPSA) is 66.5 Å². The van der Waals surface area contributed by atoms with Gasteiger partial charge in [-0.2, -0.15) is 0 Å². The molecule has 0 unspecified atom stereocenters. The minimum absolute atomic E-state index is 0.170. The van der Waals surface area contributed by atoms with Crippen LogP contribution < -0.4 is 5.73 Å². The number of aliphatic hydroxyl groups excluding tert-OH is 2. The maximum absolute atomic E-state index is 10.5. The lowest BCUT2D eigenvalue weighted by Crippen LogP contribution is -2.18. The molecule has 154 valence electrons. The average molecular weight is 384 g/mol. The number of aryl methyl sites for hydroxylation is 1. The van der Waals surface area contributed by atoms with Gasteiger partial charge in [0.15, 0.2) is 0 Å². The van der Waals surface area contributed by atoms with Gasteiger partial charge in [0.2, 0.25) is 0 Å². The number of allylic oxidation sites excluding steroid dienone is 2. The summed E-state index contributed by atoms with van der Waals surface area (Å²) < 4.78 is 0. The molecule has 2 aliphatic carbocycles. The molecular weight excluding hydrogens is 346 g/mol. The molecule has 3 heteroatoms. The van der Waals surface area contributed by atoms with Crippen molar-refractivity contribution in [2.45, 2.75) is 70.5 Å². The highest BCUT2D eigenvalue weighted by atomic mass is 16.3. The van der Waals surface area contributed by atoms with Crippen LogP contribution in [0.2, 0.25) is 0 Å². The molecular formula is C25H37NO2. The Bertz CT molecular complexity index is 681. The van der Waals surface area contributed by atoms with Crippen molar-refractivity contribution < 1.29 is 10.2 Å². The van der Waals surface area contributed by atoms with E-state index in [4.69, 9.17) is 5.73 Å². The summed E-state index contributed by atoms with van der Waals surface area (Å²) >= 11 is 0. The van der Waals surface area contributed by atoms with Crippen LogP contribution in [0, 0.1) is 24.7 Å². The number of hydrogen-bond acceptors (Lipinski definition) is 3. The lowest BCUT2D eigenvalue weighted by atomic mass is 9.88. The van der Waals surface area contributed by atoms with Gasteiger partial charge in [0.1, 0.15) is 0 Å².